The molecule has 1 aromatic heterocycles. The first-order valence-electron chi connectivity index (χ1n) is 6.15. The molecule has 0 aliphatic heterocycles. The van der Waals surface area contributed by atoms with Crippen molar-refractivity contribution in [3.63, 3.8) is 0 Å². The second kappa shape index (κ2) is 5.64. The van der Waals surface area contributed by atoms with Gasteiger partial charge in [-0.1, -0.05) is 29.8 Å². The fourth-order valence-corrected chi connectivity index (χ4v) is 2.27. The molecule has 0 unspecified atom stereocenters. The minimum Gasteiger partial charge on any atom is -0.384 e. The Morgan fingerprint density at radius 2 is 2.15 bits per heavy atom. The fraction of sp³-hybridized carbons (Fsp3) is 0.286. The molecular weight excluding hydrogens is 278 g/mol. The Labute approximate surface area is 122 Å². The first-order valence-corrected chi connectivity index (χ1v) is 6.53. The highest BCUT2D eigenvalue weighted by atomic mass is 35.5. The normalized spacial score (nSPS) is 13.8. The predicted molar refractivity (Wildman–Crippen MR) is 76.6 cm³/mol. The minimum atomic E-state index is -1.24. The summed E-state index contributed by atoms with van der Waals surface area (Å²) in [6.45, 7) is 1.67. The summed E-state index contributed by atoms with van der Waals surface area (Å²) >= 11 is 6.06. The molecular formula is C14H16ClN3O2. The Bertz CT molecular complexity index is 622. The van der Waals surface area contributed by atoms with Gasteiger partial charge in [0.05, 0.1) is 6.54 Å². The molecule has 0 saturated heterocycles. The van der Waals surface area contributed by atoms with Gasteiger partial charge >= 0.3 is 0 Å². The summed E-state index contributed by atoms with van der Waals surface area (Å²) < 4.78 is 1.47. The third-order valence-corrected chi connectivity index (χ3v) is 3.43. The van der Waals surface area contributed by atoms with Crippen molar-refractivity contribution in [2.45, 2.75) is 12.5 Å². The van der Waals surface area contributed by atoms with Crippen LogP contribution in [0.25, 0.3) is 0 Å². The van der Waals surface area contributed by atoms with Crippen LogP contribution in [0.2, 0.25) is 5.02 Å². The van der Waals surface area contributed by atoms with Crippen molar-refractivity contribution in [2.75, 3.05) is 6.54 Å². The molecule has 2 aromatic rings. The van der Waals surface area contributed by atoms with Crippen molar-refractivity contribution in [1.29, 1.82) is 0 Å². The van der Waals surface area contributed by atoms with Crippen molar-refractivity contribution in [2.24, 2.45) is 7.05 Å². The molecule has 20 heavy (non-hydrogen) atoms. The van der Waals surface area contributed by atoms with Crippen LogP contribution in [0.4, 0.5) is 0 Å². The average molecular weight is 294 g/mol. The molecule has 6 heteroatoms. The Morgan fingerprint density at radius 1 is 1.45 bits per heavy atom. The molecule has 2 rings (SSSR count). The van der Waals surface area contributed by atoms with Gasteiger partial charge in [-0.2, -0.15) is 5.10 Å². The minimum absolute atomic E-state index is 0.0563. The topological polar surface area (TPSA) is 67.2 Å². The second-order valence-corrected chi connectivity index (χ2v) is 5.18. The number of aromatic nitrogens is 2. The van der Waals surface area contributed by atoms with E-state index in [1.165, 1.54) is 4.68 Å². The van der Waals surface area contributed by atoms with Crippen molar-refractivity contribution >= 4 is 17.5 Å². The van der Waals surface area contributed by atoms with Crippen molar-refractivity contribution in [3.05, 3.63) is 52.8 Å². The number of amides is 1. The number of rotatable bonds is 4. The summed E-state index contributed by atoms with van der Waals surface area (Å²) in [7, 11) is 1.68. The summed E-state index contributed by atoms with van der Waals surface area (Å²) in [5, 5.41) is 17.5. The lowest BCUT2D eigenvalue weighted by atomic mass is 9.96. The largest absolute Gasteiger partial charge is 0.384 e. The third-order valence-electron chi connectivity index (χ3n) is 3.10. The number of aryl methyl sites for hydroxylation is 1. The number of halogens is 1. The molecule has 2 N–H and O–H groups in total. The maximum atomic E-state index is 12.0. The lowest BCUT2D eigenvalue weighted by Crippen LogP contribution is -2.39. The van der Waals surface area contributed by atoms with E-state index in [1.54, 1.807) is 50.5 Å². The Kier molecular flexibility index (Phi) is 4.11. The van der Waals surface area contributed by atoms with Crippen molar-refractivity contribution < 1.29 is 9.90 Å². The van der Waals surface area contributed by atoms with Gasteiger partial charge in [0, 0.05) is 23.8 Å². The van der Waals surface area contributed by atoms with Crippen LogP contribution in [0.3, 0.4) is 0 Å². The smallest absolute Gasteiger partial charge is 0.269 e. The van der Waals surface area contributed by atoms with Gasteiger partial charge in [-0.15, -0.1) is 0 Å². The molecule has 0 fully saturated rings. The van der Waals surface area contributed by atoms with E-state index in [-0.39, 0.29) is 12.5 Å². The number of hydrogen-bond donors (Lipinski definition) is 2. The van der Waals surface area contributed by atoms with Crippen LogP contribution in [0.5, 0.6) is 0 Å². The van der Waals surface area contributed by atoms with Gasteiger partial charge in [-0.25, -0.2) is 0 Å². The molecule has 106 valence electrons. The van der Waals surface area contributed by atoms with Crippen molar-refractivity contribution in [1.82, 2.24) is 15.1 Å². The first-order chi connectivity index (χ1) is 9.42. The van der Waals surface area contributed by atoms with E-state index >= 15 is 0 Å². The highest BCUT2D eigenvalue weighted by Crippen LogP contribution is 2.27. The molecule has 0 radical (unpaired) electrons. The zero-order valence-electron chi connectivity index (χ0n) is 11.3. The number of aliphatic hydroxyl groups is 1. The molecule has 1 amide bonds. The zero-order chi connectivity index (χ0) is 14.8. The van der Waals surface area contributed by atoms with E-state index in [1.807, 2.05) is 0 Å². The Morgan fingerprint density at radius 3 is 2.75 bits per heavy atom. The van der Waals surface area contributed by atoms with Gasteiger partial charge in [0.15, 0.2) is 0 Å². The summed E-state index contributed by atoms with van der Waals surface area (Å²) in [5.41, 5.74) is -0.237. The fourth-order valence-electron chi connectivity index (χ4n) is 1.93. The van der Waals surface area contributed by atoms with E-state index in [9.17, 15) is 9.90 Å². The van der Waals surface area contributed by atoms with E-state index in [0.29, 0.717) is 16.3 Å². The summed E-state index contributed by atoms with van der Waals surface area (Å²) in [4.78, 5) is 12.0. The molecule has 0 spiro atoms. The molecule has 0 aliphatic rings. The molecule has 1 heterocycles. The van der Waals surface area contributed by atoms with E-state index in [4.69, 9.17) is 11.6 Å². The molecule has 0 aliphatic carbocycles. The summed E-state index contributed by atoms with van der Waals surface area (Å²) in [6.07, 6.45) is 1.54. The van der Waals surface area contributed by atoms with Crippen LogP contribution < -0.4 is 5.32 Å². The van der Waals surface area contributed by atoms with Gasteiger partial charge in [0.2, 0.25) is 0 Å². The lowest BCUT2D eigenvalue weighted by molar-refractivity contribution is 0.0524. The third kappa shape index (κ3) is 3.00. The van der Waals surface area contributed by atoms with Crippen LogP contribution in [0.15, 0.2) is 36.5 Å². The number of carbonyl (C=O) groups is 1. The molecule has 0 saturated carbocycles. The first kappa shape index (κ1) is 14.6. The van der Waals surface area contributed by atoms with Crippen LogP contribution in [-0.4, -0.2) is 27.3 Å². The van der Waals surface area contributed by atoms with E-state index in [2.05, 4.69) is 10.4 Å². The monoisotopic (exact) mass is 293 g/mol. The van der Waals surface area contributed by atoms with Crippen LogP contribution in [0.1, 0.15) is 23.0 Å². The summed E-state index contributed by atoms with van der Waals surface area (Å²) in [5.74, 6) is -0.294. The number of hydrogen-bond acceptors (Lipinski definition) is 3. The number of nitrogens with one attached hydrogen (secondary N) is 1. The van der Waals surface area contributed by atoms with Crippen molar-refractivity contribution in [3.8, 4) is 0 Å². The molecule has 0 bridgehead atoms. The van der Waals surface area contributed by atoms with Crippen LogP contribution >= 0.6 is 11.6 Å². The lowest BCUT2D eigenvalue weighted by Gasteiger charge is -2.25. The van der Waals surface area contributed by atoms with Gasteiger partial charge in [0.25, 0.3) is 5.91 Å². The standard InChI is InChI=1S/C14H16ClN3O2/c1-14(20,10-5-3-4-6-11(10)15)9-16-13(19)12-7-8-17-18(12)2/h3-8,20H,9H2,1-2H3,(H,16,19)/t14-/m1/s1. The Hall–Kier alpha value is -1.85. The van der Waals surface area contributed by atoms with Crippen LogP contribution in [-0.2, 0) is 12.6 Å². The maximum absolute atomic E-state index is 12.0. The number of carbonyl (C=O) groups excluding carboxylic acids is 1. The number of nitrogens with zero attached hydrogens (tertiary/aromatic N) is 2. The van der Waals surface area contributed by atoms with Crippen LogP contribution in [0, 0.1) is 0 Å². The SMILES string of the molecule is Cn1nccc1C(=O)NC[C@@](C)(O)c1ccccc1Cl. The van der Waals surface area contributed by atoms with E-state index in [0.717, 1.165) is 0 Å². The predicted octanol–water partition coefficient (Wildman–Crippen LogP) is 1.71. The van der Waals surface area contributed by atoms with E-state index < -0.39 is 5.60 Å². The highest BCUT2D eigenvalue weighted by Gasteiger charge is 2.26. The van der Waals surface area contributed by atoms with Gasteiger partial charge in [-0.05, 0) is 19.1 Å². The summed E-state index contributed by atoms with van der Waals surface area (Å²) in [6, 6.07) is 8.63. The average Bonchev–Trinajstić information content (AvgIpc) is 2.83. The second-order valence-electron chi connectivity index (χ2n) is 4.78. The van der Waals surface area contributed by atoms with Gasteiger partial charge in [0.1, 0.15) is 11.3 Å². The quantitative estimate of drug-likeness (QED) is 0.902. The maximum Gasteiger partial charge on any atom is 0.269 e. The van der Waals surface area contributed by atoms with Gasteiger partial charge < -0.3 is 10.4 Å². The zero-order valence-corrected chi connectivity index (χ0v) is 12.1. The highest BCUT2D eigenvalue weighted by molar-refractivity contribution is 6.31. The van der Waals surface area contributed by atoms with Gasteiger partial charge in [-0.3, -0.25) is 9.48 Å². The number of benzene rings is 1. The molecule has 1 aromatic carbocycles. The Balaban J connectivity index is 2.08. The molecule has 5 nitrogen and oxygen atoms in total. The molecule has 1 atom stereocenters.